The fraction of sp³-hybridized carbons (Fsp3) is 0.310. The van der Waals surface area contributed by atoms with Crippen molar-refractivity contribution >= 4 is 32.7 Å². The number of carbonyl (C=O) groups excluding carboxylic acids is 1. The number of hydrogen-bond donors (Lipinski definition) is 3. The Morgan fingerprint density at radius 3 is 1.57 bits per heavy atom. The van der Waals surface area contributed by atoms with Crippen LogP contribution < -0.4 is 11.5 Å². The first-order valence-electron chi connectivity index (χ1n) is 12.0. The van der Waals surface area contributed by atoms with Crippen LogP contribution in [0.4, 0.5) is 0 Å². The first-order valence-corrected chi connectivity index (χ1v) is 14.9. The molecule has 0 bridgehead atoms. The van der Waals surface area contributed by atoms with Crippen molar-refractivity contribution in [2.24, 2.45) is 11.5 Å². The molecule has 0 aromatic heterocycles. The maximum atomic E-state index is 13.0. The van der Waals surface area contributed by atoms with Crippen LogP contribution in [-0.2, 0) is 29.0 Å². The van der Waals surface area contributed by atoms with Crippen LogP contribution >= 0.6 is 10.8 Å². The van der Waals surface area contributed by atoms with Crippen molar-refractivity contribution < 1.29 is 19.4 Å². The molecule has 0 aliphatic carbocycles. The van der Waals surface area contributed by atoms with E-state index >= 15 is 0 Å². The molecule has 6 nitrogen and oxygen atoms in total. The zero-order valence-corrected chi connectivity index (χ0v) is 23.0. The molecule has 0 saturated heterocycles. The third-order valence-electron chi connectivity index (χ3n) is 5.63. The molecule has 1 unspecified atom stereocenters. The van der Waals surface area contributed by atoms with Gasteiger partial charge in [-0.1, -0.05) is 91.0 Å². The van der Waals surface area contributed by atoms with Crippen molar-refractivity contribution in [3.05, 3.63) is 108 Å². The minimum atomic E-state index is -1.07. The van der Waals surface area contributed by atoms with E-state index in [1.165, 1.54) is 10.8 Å². The zero-order chi connectivity index (χ0) is 27.1. The second-order valence-electron chi connectivity index (χ2n) is 9.66. The molecule has 0 saturated carbocycles. The Morgan fingerprint density at radius 1 is 0.811 bits per heavy atom. The smallest absolute Gasteiger partial charge is 0.328 e. The predicted molar refractivity (Wildman–Crippen MR) is 153 cm³/mol. The number of hydrogen-bond acceptors (Lipinski definition) is 6. The van der Waals surface area contributed by atoms with Gasteiger partial charge in [0.25, 0.3) is 0 Å². The van der Waals surface area contributed by atoms with Gasteiger partial charge in [-0.15, -0.1) is 0 Å². The summed E-state index contributed by atoms with van der Waals surface area (Å²) in [7, 11) is 0.705. The first-order chi connectivity index (χ1) is 17.6. The van der Waals surface area contributed by atoms with E-state index in [1.54, 1.807) is 20.8 Å². The molecule has 3 rings (SSSR count). The van der Waals surface area contributed by atoms with Gasteiger partial charge in [0.05, 0.1) is 26.5 Å². The predicted octanol–water partition coefficient (Wildman–Crippen LogP) is 4.33. The van der Waals surface area contributed by atoms with Crippen LogP contribution in [0.25, 0.3) is 0 Å². The minimum Gasteiger partial charge on any atom is -0.480 e. The minimum absolute atomic E-state index is 0.160. The molecule has 3 aromatic carbocycles. The van der Waals surface area contributed by atoms with E-state index in [0.29, 0.717) is 0 Å². The van der Waals surface area contributed by atoms with Gasteiger partial charge in [-0.3, -0.25) is 9.59 Å². The number of rotatable bonds is 11. The Bertz CT molecular complexity index is 1060. The summed E-state index contributed by atoms with van der Waals surface area (Å²) in [5.41, 5.74) is 14.8. The monoisotopic (exact) mass is 539 g/mol. The summed E-state index contributed by atoms with van der Waals surface area (Å²) in [5, 5.41) is 9.51. The third-order valence-corrected chi connectivity index (χ3v) is 10.9. The molecule has 0 fully saturated rings. The summed E-state index contributed by atoms with van der Waals surface area (Å²) in [5.74, 6) is -1.13. The second kappa shape index (κ2) is 12.6. The van der Waals surface area contributed by atoms with E-state index < -0.39 is 44.3 Å². The summed E-state index contributed by atoms with van der Waals surface area (Å²) >= 11 is 0. The van der Waals surface area contributed by atoms with Crippen molar-refractivity contribution in [3.8, 4) is 0 Å². The van der Waals surface area contributed by atoms with E-state index in [-0.39, 0.29) is 11.5 Å². The zero-order valence-electron chi connectivity index (χ0n) is 21.4. The van der Waals surface area contributed by atoms with E-state index in [9.17, 15) is 14.7 Å². The Labute approximate surface area is 225 Å². The highest BCUT2D eigenvalue weighted by Crippen LogP contribution is 2.50. The number of esters is 1. The molecule has 5 N–H and O–H groups in total. The number of nitrogens with two attached hydrogens (primary N) is 2. The van der Waals surface area contributed by atoms with E-state index in [1.807, 2.05) is 54.6 Å². The molecule has 196 valence electrons. The van der Waals surface area contributed by atoms with Gasteiger partial charge in [-0.2, -0.15) is 0 Å². The molecule has 8 heteroatoms. The molecule has 0 aliphatic heterocycles. The molecule has 0 amide bonds. The number of carboxylic acid groups (broad SMARTS) is 1. The molecular formula is C29H35N2O4S2+. The second-order valence-corrected chi connectivity index (χ2v) is 13.8. The normalized spacial score (nSPS) is 14.4. The summed E-state index contributed by atoms with van der Waals surface area (Å²) < 4.78 is 4.88. The first kappa shape index (κ1) is 28.8. The quantitative estimate of drug-likeness (QED) is 0.144. The maximum absolute atomic E-state index is 13.0. The number of aliphatic carboxylic acids is 1. The molecular weight excluding hydrogens is 504 g/mol. The van der Waals surface area contributed by atoms with Crippen LogP contribution in [0.15, 0.2) is 91.0 Å². The van der Waals surface area contributed by atoms with Crippen molar-refractivity contribution in [1.82, 2.24) is 0 Å². The van der Waals surface area contributed by atoms with Crippen molar-refractivity contribution in [2.45, 2.75) is 43.2 Å². The lowest BCUT2D eigenvalue weighted by Crippen LogP contribution is -2.48. The van der Waals surface area contributed by atoms with Crippen molar-refractivity contribution in [2.75, 3.05) is 11.5 Å². The fourth-order valence-electron chi connectivity index (χ4n) is 4.01. The number of benzene rings is 3. The fourth-order valence-corrected chi connectivity index (χ4v) is 9.70. The molecule has 3 aromatic rings. The highest BCUT2D eigenvalue weighted by Gasteiger charge is 2.55. The molecule has 0 aliphatic rings. The van der Waals surface area contributed by atoms with Gasteiger partial charge in [0.1, 0.15) is 23.4 Å². The summed E-state index contributed by atoms with van der Waals surface area (Å²) in [6.07, 6.45) is 0. The van der Waals surface area contributed by atoms with Gasteiger partial charge in [0.15, 0.2) is 0 Å². The average Bonchev–Trinajstić information content (AvgIpc) is 2.88. The number of ether oxygens (including phenoxy) is 1. The summed E-state index contributed by atoms with van der Waals surface area (Å²) in [6, 6.07) is 28.2. The topological polar surface area (TPSA) is 116 Å². The highest BCUT2D eigenvalue weighted by molar-refractivity contribution is 8.74. The van der Waals surface area contributed by atoms with Crippen LogP contribution in [0.1, 0.15) is 37.5 Å². The lowest BCUT2D eigenvalue weighted by molar-refractivity contribution is -0.155. The summed E-state index contributed by atoms with van der Waals surface area (Å²) in [6.45, 7) is 5.42. The van der Waals surface area contributed by atoms with Crippen LogP contribution in [0.3, 0.4) is 0 Å². The maximum Gasteiger partial charge on any atom is 0.328 e. The van der Waals surface area contributed by atoms with Gasteiger partial charge in [0.2, 0.25) is 4.75 Å². The Morgan fingerprint density at radius 2 is 1.22 bits per heavy atom. The van der Waals surface area contributed by atoms with Crippen LogP contribution in [0.2, 0.25) is 0 Å². The van der Waals surface area contributed by atoms with Crippen LogP contribution in [-0.4, -0.2) is 46.2 Å². The third kappa shape index (κ3) is 7.17. The van der Waals surface area contributed by atoms with E-state index in [0.717, 1.165) is 16.7 Å². The number of carboxylic acids is 1. The number of carbonyl (C=O) groups is 2. The largest absolute Gasteiger partial charge is 0.480 e. The summed E-state index contributed by atoms with van der Waals surface area (Å²) in [4.78, 5) is 24.6. The van der Waals surface area contributed by atoms with E-state index in [4.69, 9.17) is 16.2 Å². The van der Waals surface area contributed by atoms with Gasteiger partial charge < -0.3 is 21.3 Å². The lowest BCUT2D eigenvalue weighted by Gasteiger charge is -2.35. The average molecular weight is 540 g/mol. The SMILES string of the molecule is CC(C)(C)OC(=O)[C@@H](N)C[S+](SC[C@H](N)C(=O)O)C(c1ccccc1)(c1ccccc1)c1ccccc1. The van der Waals surface area contributed by atoms with Gasteiger partial charge >= 0.3 is 11.9 Å². The van der Waals surface area contributed by atoms with Crippen molar-refractivity contribution in [1.29, 1.82) is 0 Å². The van der Waals surface area contributed by atoms with Crippen LogP contribution in [0.5, 0.6) is 0 Å². The lowest BCUT2D eigenvalue weighted by atomic mass is 9.84. The van der Waals surface area contributed by atoms with Crippen molar-refractivity contribution in [3.63, 3.8) is 0 Å². The van der Waals surface area contributed by atoms with Crippen LogP contribution in [0, 0.1) is 0 Å². The molecule has 0 radical (unpaired) electrons. The molecule has 3 atom stereocenters. The molecule has 0 spiro atoms. The standard InChI is InChI=1S/C29H34N2O4S2/c1-28(2,3)35-27(34)25(31)20-37(36-19-24(30)26(32)33)29(21-13-7-4-8-14-21,22-15-9-5-10-16-22)23-17-11-6-12-18-23/h4-18,24-25H,19-20,30-31H2,1-3H3/p+1/t24-,25-,37?/m0/s1. The molecule has 37 heavy (non-hydrogen) atoms. The highest BCUT2D eigenvalue weighted by atomic mass is 33.1. The van der Waals surface area contributed by atoms with Gasteiger partial charge in [0, 0.05) is 16.7 Å². The van der Waals surface area contributed by atoms with Gasteiger partial charge in [-0.25, -0.2) is 0 Å². The molecule has 0 heterocycles. The van der Waals surface area contributed by atoms with E-state index in [2.05, 4.69) is 36.4 Å². The Kier molecular flexibility index (Phi) is 9.84. The Hall–Kier alpha value is -2.78. The van der Waals surface area contributed by atoms with Gasteiger partial charge in [-0.05, 0) is 20.8 Å². The Balaban J connectivity index is 2.23.